The first kappa shape index (κ1) is 40.8. The lowest BCUT2D eigenvalue weighted by molar-refractivity contribution is -0.161. The topological polar surface area (TPSA) is 136 Å². The van der Waals surface area contributed by atoms with Gasteiger partial charge < -0.3 is 39.6 Å². The van der Waals surface area contributed by atoms with Gasteiger partial charge in [0.2, 0.25) is 11.8 Å². The Labute approximate surface area is 312 Å². The number of amides is 3. The number of nitrogens with zero attached hydrogens (tertiary/aromatic N) is 1. The maximum absolute atomic E-state index is 14.7. The number of rotatable bonds is 19. The van der Waals surface area contributed by atoms with Crippen LogP contribution in [0.4, 0.5) is 4.79 Å². The third kappa shape index (κ3) is 13.5. The molecule has 3 N–H and O–H groups in total. The van der Waals surface area contributed by atoms with Crippen molar-refractivity contribution >= 4 is 28.7 Å². The highest BCUT2D eigenvalue weighted by Gasteiger charge is 2.30. The molecular formula is C42H53N3O8. The second-order valence-electron chi connectivity index (χ2n) is 13.7. The van der Waals surface area contributed by atoms with E-state index in [4.69, 9.17) is 18.9 Å². The molecular weight excluding hydrogens is 674 g/mol. The zero-order valence-corrected chi connectivity index (χ0v) is 31.4. The molecule has 0 aliphatic heterocycles. The SMILES string of the molecule is CCOC(CN(Cc1cccc2ccccc12)C(=O)[C@H](Cc1ccc(OC(C)(C)C)cc1)NC(=O)C[C@@H](CO)NC(=O)OCc1ccccc1)OCC. The second kappa shape index (κ2) is 20.3. The lowest BCUT2D eigenvalue weighted by atomic mass is 10.0. The summed E-state index contributed by atoms with van der Waals surface area (Å²) < 4.78 is 23.0. The van der Waals surface area contributed by atoms with Crippen molar-refractivity contribution in [1.82, 2.24) is 15.5 Å². The van der Waals surface area contributed by atoms with Crippen LogP contribution in [0.25, 0.3) is 10.8 Å². The van der Waals surface area contributed by atoms with E-state index in [9.17, 15) is 19.5 Å². The average Bonchev–Trinajstić information content (AvgIpc) is 3.13. The molecule has 0 aromatic heterocycles. The minimum Gasteiger partial charge on any atom is -0.488 e. The Morgan fingerprint density at radius 3 is 2.11 bits per heavy atom. The third-order valence-electron chi connectivity index (χ3n) is 8.23. The second-order valence-corrected chi connectivity index (χ2v) is 13.7. The molecule has 0 radical (unpaired) electrons. The highest BCUT2D eigenvalue weighted by atomic mass is 16.7. The standard InChI is InChI=1S/C42H53N3O8/c1-6-50-39(51-7-2)27-45(26-33-18-13-17-32-16-11-12-19-36(32)33)40(48)37(24-30-20-22-35(23-21-30)53-42(3,4)5)44-38(47)25-34(28-46)43-41(49)52-29-31-14-9-8-10-15-31/h8-23,34,37,39,46H,6-7,24-29H2,1-5H3,(H,43,49)(H,44,47)/t34-,37-/m0/s1. The summed E-state index contributed by atoms with van der Waals surface area (Å²) in [5, 5.41) is 17.6. The molecule has 3 amide bonds. The van der Waals surface area contributed by atoms with E-state index in [1.54, 1.807) is 4.90 Å². The van der Waals surface area contributed by atoms with Gasteiger partial charge in [0.1, 0.15) is 24.0 Å². The van der Waals surface area contributed by atoms with Crippen LogP contribution in [0.15, 0.2) is 97.1 Å². The number of hydrogen-bond donors (Lipinski definition) is 3. The smallest absolute Gasteiger partial charge is 0.407 e. The lowest BCUT2D eigenvalue weighted by Crippen LogP contribution is -2.52. The largest absolute Gasteiger partial charge is 0.488 e. The van der Waals surface area contributed by atoms with E-state index in [2.05, 4.69) is 10.6 Å². The first-order valence-electron chi connectivity index (χ1n) is 18.1. The number of ether oxygens (including phenoxy) is 4. The van der Waals surface area contributed by atoms with Crippen LogP contribution in [0.2, 0.25) is 0 Å². The monoisotopic (exact) mass is 727 g/mol. The van der Waals surface area contributed by atoms with Gasteiger partial charge in [0.25, 0.3) is 0 Å². The van der Waals surface area contributed by atoms with Crippen LogP contribution >= 0.6 is 0 Å². The number of hydrogen-bond acceptors (Lipinski definition) is 8. The minimum atomic E-state index is -1.01. The quantitative estimate of drug-likeness (QED) is 0.0980. The molecule has 0 heterocycles. The summed E-state index contributed by atoms with van der Waals surface area (Å²) in [6, 6.07) is 28.5. The number of alkyl carbamates (subject to hydrolysis) is 1. The van der Waals surface area contributed by atoms with Gasteiger partial charge in [-0.2, -0.15) is 0 Å². The van der Waals surface area contributed by atoms with Crippen LogP contribution < -0.4 is 15.4 Å². The summed E-state index contributed by atoms with van der Waals surface area (Å²) in [6.45, 7) is 10.2. The van der Waals surface area contributed by atoms with E-state index < -0.39 is 37.0 Å². The lowest BCUT2D eigenvalue weighted by Gasteiger charge is -2.31. The van der Waals surface area contributed by atoms with Gasteiger partial charge in [0.05, 0.1) is 19.2 Å². The molecule has 11 nitrogen and oxygen atoms in total. The van der Waals surface area contributed by atoms with Gasteiger partial charge in [-0.3, -0.25) is 9.59 Å². The summed E-state index contributed by atoms with van der Waals surface area (Å²) in [4.78, 5) is 42.5. The van der Waals surface area contributed by atoms with Gasteiger partial charge in [-0.15, -0.1) is 0 Å². The fourth-order valence-electron chi connectivity index (χ4n) is 5.85. The molecule has 284 valence electrons. The fourth-order valence-corrected chi connectivity index (χ4v) is 5.85. The zero-order valence-electron chi connectivity index (χ0n) is 31.4. The number of aliphatic hydroxyl groups excluding tert-OH is 1. The van der Waals surface area contributed by atoms with Gasteiger partial charge in [0.15, 0.2) is 6.29 Å². The van der Waals surface area contributed by atoms with Crippen LogP contribution in [0.5, 0.6) is 5.75 Å². The minimum absolute atomic E-state index is 0.0319. The normalized spacial score (nSPS) is 12.6. The molecule has 4 rings (SSSR count). The van der Waals surface area contributed by atoms with Gasteiger partial charge in [0, 0.05) is 32.6 Å². The molecule has 0 aliphatic carbocycles. The summed E-state index contributed by atoms with van der Waals surface area (Å²) in [7, 11) is 0. The number of aliphatic hydroxyl groups is 1. The molecule has 11 heteroatoms. The van der Waals surface area contributed by atoms with E-state index in [1.807, 2.05) is 132 Å². The van der Waals surface area contributed by atoms with Gasteiger partial charge in [-0.25, -0.2) is 4.79 Å². The Bertz CT molecular complexity index is 1730. The van der Waals surface area contributed by atoms with E-state index >= 15 is 0 Å². The average molecular weight is 728 g/mol. The van der Waals surface area contributed by atoms with Crippen molar-refractivity contribution in [1.29, 1.82) is 0 Å². The van der Waals surface area contributed by atoms with Crippen molar-refractivity contribution in [3.8, 4) is 5.75 Å². The first-order chi connectivity index (χ1) is 25.5. The predicted octanol–water partition coefficient (Wildman–Crippen LogP) is 6.15. The Hall–Kier alpha value is -4.97. The number of nitrogens with one attached hydrogen (secondary N) is 2. The molecule has 0 spiro atoms. The summed E-state index contributed by atoms with van der Waals surface area (Å²) in [5.41, 5.74) is 2.13. The van der Waals surface area contributed by atoms with Crippen molar-refractivity contribution in [2.24, 2.45) is 0 Å². The molecule has 0 unspecified atom stereocenters. The first-order valence-corrected chi connectivity index (χ1v) is 18.1. The summed E-state index contributed by atoms with van der Waals surface area (Å²) >= 11 is 0. The molecule has 4 aromatic rings. The van der Waals surface area contributed by atoms with Crippen molar-refractivity contribution in [3.63, 3.8) is 0 Å². The van der Waals surface area contributed by atoms with E-state index in [0.29, 0.717) is 19.0 Å². The molecule has 0 aliphatic rings. The van der Waals surface area contributed by atoms with Crippen LogP contribution in [0.3, 0.4) is 0 Å². The van der Waals surface area contributed by atoms with Gasteiger partial charge >= 0.3 is 6.09 Å². The molecule has 4 aromatic carbocycles. The maximum atomic E-state index is 14.7. The van der Waals surface area contributed by atoms with Crippen LogP contribution in [0.1, 0.15) is 57.7 Å². The van der Waals surface area contributed by atoms with Crippen molar-refractivity contribution in [2.45, 2.75) is 84.6 Å². The number of benzene rings is 4. The van der Waals surface area contributed by atoms with Crippen molar-refractivity contribution in [3.05, 3.63) is 114 Å². The number of carbonyl (C=O) groups excluding carboxylic acids is 3. The molecule has 0 saturated heterocycles. The number of fused-ring (bicyclic) bond motifs is 1. The van der Waals surface area contributed by atoms with E-state index in [-0.39, 0.29) is 44.0 Å². The van der Waals surface area contributed by atoms with Crippen LogP contribution in [-0.2, 0) is 43.4 Å². The van der Waals surface area contributed by atoms with Gasteiger partial charge in [-0.05, 0) is 74.2 Å². The highest BCUT2D eigenvalue weighted by molar-refractivity contribution is 5.89. The van der Waals surface area contributed by atoms with E-state index in [1.165, 1.54) is 0 Å². The van der Waals surface area contributed by atoms with Gasteiger partial charge in [-0.1, -0.05) is 84.9 Å². The van der Waals surface area contributed by atoms with Crippen LogP contribution in [0, 0.1) is 0 Å². The van der Waals surface area contributed by atoms with Crippen molar-refractivity contribution < 1.29 is 38.4 Å². The molecule has 0 saturated carbocycles. The summed E-state index contributed by atoms with van der Waals surface area (Å²) in [5.74, 6) is -0.200. The zero-order chi connectivity index (χ0) is 38.2. The Kier molecular flexibility index (Phi) is 15.6. The third-order valence-corrected chi connectivity index (χ3v) is 8.23. The molecule has 0 fully saturated rings. The van der Waals surface area contributed by atoms with E-state index in [0.717, 1.165) is 27.5 Å². The Balaban J connectivity index is 1.59. The molecule has 2 atom stereocenters. The Morgan fingerprint density at radius 1 is 0.792 bits per heavy atom. The maximum Gasteiger partial charge on any atom is 0.407 e. The fraction of sp³-hybridized carbons (Fsp3) is 0.405. The predicted molar refractivity (Wildman–Crippen MR) is 204 cm³/mol. The molecule has 53 heavy (non-hydrogen) atoms. The number of carbonyl (C=O) groups is 3. The Morgan fingerprint density at radius 2 is 1.45 bits per heavy atom. The molecule has 0 bridgehead atoms. The highest BCUT2D eigenvalue weighted by Crippen LogP contribution is 2.23. The summed E-state index contributed by atoms with van der Waals surface area (Å²) in [6.07, 6.45) is -1.59. The van der Waals surface area contributed by atoms with Crippen molar-refractivity contribution in [2.75, 3.05) is 26.4 Å². The van der Waals surface area contributed by atoms with Crippen LogP contribution in [-0.4, -0.2) is 78.3 Å².